The van der Waals surface area contributed by atoms with Gasteiger partial charge in [-0.25, -0.2) is 4.39 Å². The highest BCUT2D eigenvalue weighted by Gasteiger charge is 2.01. The minimum Gasteiger partial charge on any atom is -0.295 e. The van der Waals surface area contributed by atoms with Gasteiger partial charge in [-0.3, -0.25) is 4.79 Å². The Balaban J connectivity index is 3.79. The van der Waals surface area contributed by atoms with Crippen LogP contribution in [0.15, 0.2) is 12.2 Å². The van der Waals surface area contributed by atoms with Crippen molar-refractivity contribution >= 4 is 5.78 Å². The lowest BCUT2D eigenvalue weighted by molar-refractivity contribution is -0.117. The van der Waals surface area contributed by atoms with Gasteiger partial charge in [-0.2, -0.15) is 0 Å². The van der Waals surface area contributed by atoms with Crippen molar-refractivity contribution in [2.24, 2.45) is 5.92 Å². The van der Waals surface area contributed by atoms with Crippen LogP contribution in [0.3, 0.4) is 0 Å². The SMILES string of the molecule is CC(F)/C=C/C(=O)C(C)C. The average molecular weight is 144 g/mol. The second kappa shape index (κ2) is 4.20. The van der Waals surface area contributed by atoms with E-state index < -0.39 is 6.17 Å². The molecule has 0 aromatic heterocycles. The Labute approximate surface area is 60.9 Å². The summed E-state index contributed by atoms with van der Waals surface area (Å²) in [6, 6.07) is 0. The average Bonchev–Trinajstić information content (AvgIpc) is 1.82. The van der Waals surface area contributed by atoms with E-state index in [9.17, 15) is 9.18 Å². The Morgan fingerprint density at radius 2 is 1.90 bits per heavy atom. The number of carbonyl (C=O) groups excluding carboxylic acids is 1. The van der Waals surface area contributed by atoms with Gasteiger partial charge in [0.1, 0.15) is 6.17 Å². The molecule has 0 fully saturated rings. The largest absolute Gasteiger partial charge is 0.295 e. The summed E-state index contributed by atoms with van der Waals surface area (Å²) in [6.07, 6.45) is 1.54. The standard InChI is InChI=1S/C8H13FO/c1-6(2)8(10)5-4-7(3)9/h4-7H,1-3H3/b5-4+. The Hall–Kier alpha value is -0.660. The molecule has 0 heterocycles. The molecule has 0 aliphatic carbocycles. The van der Waals surface area contributed by atoms with E-state index in [1.54, 1.807) is 13.8 Å². The third kappa shape index (κ3) is 4.24. The Bertz CT molecular complexity index is 136. The van der Waals surface area contributed by atoms with Crippen molar-refractivity contribution in [1.82, 2.24) is 0 Å². The molecule has 0 rings (SSSR count). The number of halogens is 1. The number of hydrogen-bond acceptors (Lipinski definition) is 1. The number of carbonyl (C=O) groups is 1. The molecule has 0 N–H and O–H groups in total. The molecule has 0 aromatic rings. The number of rotatable bonds is 3. The second-order valence-electron chi connectivity index (χ2n) is 2.59. The van der Waals surface area contributed by atoms with Gasteiger partial charge in [0.2, 0.25) is 0 Å². The predicted octanol–water partition coefficient (Wildman–Crippen LogP) is 2.13. The molecule has 1 nitrogen and oxygen atoms in total. The van der Waals surface area contributed by atoms with Gasteiger partial charge in [0, 0.05) is 5.92 Å². The predicted molar refractivity (Wildman–Crippen MR) is 39.6 cm³/mol. The molecule has 0 spiro atoms. The minimum atomic E-state index is -1.03. The highest BCUT2D eigenvalue weighted by Crippen LogP contribution is 1.97. The number of ketones is 1. The zero-order valence-electron chi connectivity index (χ0n) is 6.60. The Kier molecular flexibility index (Phi) is 3.93. The first kappa shape index (κ1) is 9.34. The van der Waals surface area contributed by atoms with Gasteiger partial charge >= 0.3 is 0 Å². The van der Waals surface area contributed by atoms with Crippen molar-refractivity contribution in [3.8, 4) is 0 Å². The molecule has 0 saturated heterocycles. The molecule has 1 atom stereocenters. The van der Waals surface area contributed by atoms with Crippen LogP contribution in [0.25, 0.3) is 0 Å². The molecular formula is C8H13FO. The van der Waals surface area contributed by atoms with E-state index in [1.165, 1.54) is 19.1 Å². The van der Waals surface area contributed by atoms with E-state index >= 15 is 0 Å². The van der Waals surface area contributed by atoms with Crippen molar-refractivity contribution in [1.29, 1.82) is 0 Å². The summed E-state index contributed by atoms with van der Waals surface area (Å²) in [5.41, 5.74) is 0. The van der Waals surface area contributed by atoms with Crippen molar-refractivity contribution in [3.63, 3.8) is 0 Å². The van der Waals surface area contributed by atoms with Crippen molar-refractivity contribution in [3.05, 3.63) is 12.2 Å². The number of hydrogen-bond donors (Lipinski definition) is 0. The first-order chi connectivity index (χ1) is 4.54. The van der Waals surface area contributed by atoms with Gasteiger partial charge in [0.25, 0.3) is 0 Å². The number of alkyl halides is 1. The zero-order valence-corrected chi connectivity index (χ0v) is 6.60. The summed E-state index contributed by atoms with van der Waals surface area (Å²) in [5, 5.41) is 0. The van der Waals surface area contributed by atoms with Gasteiger partial charge in [0.05, 0.1) is 0 Å². The molecule has 0 aliphatic rings. The normalized spacial score (nSPS) is 14.5. The second-order valence-corrected chi connectivity index (χ2v) is 2.59. The summed E-state index contributed by atoms with van der Waals surface area (Å²) in [5.74, 6) is -0.0560. The van der Waals surface area contributed by atoms with Crippen LogP contribution in [0, 0.1) is 5.92 Å². The molecule has 0 bridgehead atoms. The molecule has 2 heteroatoms. The molecule has 0 amide bonds. The molecule has 0 saturated carbocycles. The molecule has 10 heavy (non-hydrogen) atoms. The van der Waals surface area contributed by atoms with Crippen LogP contribution in [-0.2, 0) is 4.79 Å². The lowest BCUT2D eigenvalue weighted by Crippen LogP contribution is -2.02. The number of allylic oxidation sites excluding steroid dienone is 2. The molecule has 0 radical (unpaired) electrons. The van der Waals surface area contributed by atoms with E-state index in [4.69, 9.17) is 0 Å². The van der Waals surface area contributed by atoms with E-state index in [0.717, 1.165) is 0 Å². The van der Waals surface area contributed by atoms with E-state index in [2.05, 4.69) is 0 Å². The highest BCUT2D eigenvalue weighted by atomic mass is 19.1. The first-order valence-electron chi connectivity index (χ1n) is 3.40. The summed E-state index contributed by atoms with van der Waals surface area (Å²) < 4.78 is 12.1. The zero-order chi connectivity index (χ0) is 8.15. The fraction of sp³-hybridized carbons (Fsp3) is 0.625. The van der Waals surface area contributed by atoms with Crippen LogP contribution in [0.1, 0.15) is 20.8 Å². The van der Waals surface area contributed by atoms with Crippen LogP contribution in [0.2, 0.25) is 0 Å². The van der Waals surface area contributed by atoms with Gasteiger partial charge in [-0.05, 0) is 19.1 Å². The summed E-state index contributed by atoms with van der Waals surface area (Å²) in [6.45, 7) is 4.97. The Morgan fingerprint density at radius 1 is 1.40 bits per heavy atom. The van der Waals surface area contributed by atoms with Gasteiger partial charge in [0.15, 0.2) is 5.78 Å². The minimum absolute atomic E-state index is 0.0236. The first-order valence-corrected chi connectivity index (χ1v) is 3.40. The maximum atomic E-state index is 12.1. The van der Waals surface area contributed by atoms with Crippen molar-refractivity contribution in [2.75, 3.05) is 0 Å². The van der Waals surface area contributed by atoms with Crippen LogP contribution < -0.4 is 0 Å². The third-order valence-corrected chi connectivity index (χ3v) is 1.09. The smallest absolute Gasteiger partial charge is 0.157 e. The molecule has 1 unspecified atom stereocenters. The van der Waals surface area contributed by atoms with Crippen LogP contribution in [-0.4, -0.2) is 12.0 Å². The fourth-order valence-electron chi connectivity index (χ4n) is 0.420. The topological polar surface area (TPSA) is 17.1 Å². The quantitative estimate of drug-likeness (QED) is 0.554. The summed E-state index contributed by atoms with van der Waals surface area (Å²) in [4.78, 5) is 10.8. The highest BCUT2D eigenvalue weighted by molar-refractivity contribution is 5.91. The van der Waals surface area contributed by atoms with Crippen molar-refractivity contribution in [2.45, 2.75) is 26.9 Å². The van der Waals surface area contributed by atoms with Crippen LogP contribution >= 0.6 is 0 Å². The van der Waals surface area contributed by atoms with Gasteiger partial charge < -0.3 is 0 Å². The molecular weight excluding hydrogens is 131 g/mol. The van der Waals surface area contributed by atoms with E-state index in [-0.39, 0.29) is 11.7 Å². The molecule has 0 aromatic carbocycles. The molecule has 58 valence electrons. The van der Waals surface area contributed by atoms with E-state index in [0.29, 0.717) is 0 Å². The summed E-state index contributed by atoms with van der Waals surface area (Å²) >= 11 is 0. The van der Waals surface area contributed by atoms with Crippen molar-refractivity contribution < 1.29 is 9.18 Å². The lowest BCUT2D eigenvalue weighted by atomic mass is 10.1. The van der Waals surface area contributed by atoms with Gasteiger partial charge in [-0.15, -0.1) is 0 Å². The molecule has 0 aliphatic heterocycles. The summed E-state index contributed by atoms with van der Waals surface area (Å²) in [7, 11) is 0. The maximum Gasteiger partial charge on any atom is 0.157 e. The Morgan fingerprint density at radius 3 is 2.20 bits per heavy atom. The monoisotopic (exact) mass is 144 g/mol. The third-order valence-electron chi connectivity index (χ3n) is 1.09. The van der Waals surface area contributed by atoms with Crippen LogP contribution in [0.5, 0.6) is 0 Å². The van der Waals surface area contributed by atoms with Gasteiger partial charge in [-0.1, -0.05) is 13.8 Å². The lowest BCUT2D eigenvalue weighted by Gasteiger charge is -1.96. The van der Waals surface area contributed by atoms with Crippen LogP contribution in [0.4, 0.5) is 4.39 Å². The van der Waals surface area contributed by atoms with E-state index in [1.807, 2.05) is 0 Å². The maximum absolute atomic E-state index is 12.1. The fourth-order valence-corrected chi connectivity index (χ4v) is 0.420.